The molecular weight excluding hydrogens is 204 g/mol. The molecule has 0 aromatic carbocycles. The van der Waals surface area contributed by atoms with E-state index in [1.54, 1.807) is 6.07 Å². The number of nitrogens with zero attached hydrogens (tertiary/aromatic N) is 1. The lowest BCUT2D eigenvalue weighted by atomic mass is 10.1. The van der Waals surface area contributed by atoms with E-state index < -0.39 is 0 Å². The molecule has 1 aromatic rings. The smallest absolute Gasteiger partial charge is 0.167 e. The van der Waals surface area contributed by atoms with Crippen LogP contribution in [0.25, 0.3) is 0 Å². The molecule has 16 heavy (non-hydrogen) atoms. The summed E-state index contributed by atoms with van der Waals surface area (Å²) in [4.78, 5) is 0. The van der Waals surface area contributed by atoms with Crippen LogP contribution in [-0.4, -0.2) is 11.8 Å². The number of ether oxygens (including phenoxy) is 1. The van der Waals surface area contributed by atoms with Crippen LogP contribution < -0.4 is 5.73 Å². The van der Waals surface area contributed by atoms with E-state index in [0.29, 0.717) is 18.2 Å². The van der Waals surface area contributed by atoms with Crippen LogP contribution in [0.3, 0.4) is 0 Å². The largest absolute Gasteiger partial charge is 0.381 e. The number of aromatic nitrogens is 1. The van der Waals surface area contributed by atoms with E-state index >= 15 is 0 Å². The number of hydrogen-bond donors (Lipinski definition) is 1. The maximum Gasteiger partial charge on any atom is 0.167 e. The molecule has 0 bridgehead atoms. The summed E-state index contributed by atoms with van der Waals surface area (Å²) in [5.41, 5.74) is 5.42. The van der Waals surface area contributed by atoms with Gasteiger partial charge in [-0.15, -0.1) is 0 Å². The lowest BCUT2D eigenvalue weighted by Gasteiger charge is -2.01. The van der Waals surface area contributed by atoms with Gasteiger partial charge in [0.15, 0.2) is 11.6 Å². The molecule has 1 heterocycles. The number of nitrogens with two attached hydrogens (primary N) is 1. The minimum Gasteiger partial charge on any atom is -0.381 e. The molecule has 1 aromatic heterocycles. The predicted molar refractivity (Wildman–Crippen MR) is 63.9 cm³/mol. The van der Waals surface area contributed by atoms with Crippen molar-refractivity contribution in [3.05, 3.63) is 11.8 Å². The van der Waals surface area contributed by atoms with Crippen molar-refractivity contribution < 1.29 is 9.26 Å². The van der Waals surface area contributed by atoms with Crippen molar-refractivity contribution in [3.8, 4) is 0 Å². The fourth-order valence-electron chi connectivity index (χ4n) is 1.55. The van der Waals surface area contributed by atoms with Crippen LogP contribution in [0, 0.1) is 0 Å². The monoisotopic (exact) mass is 226 g/mol. The second-order valence-corrected chi connectivity index (χ2v) is 4.04. The molecule has 0 saturated carbocycles. The summed E-state index contributed by atoms with van der Waals surface area (Å²) in [6, 6.07) is 1.70. The van der Waals surface area contributed by atoms with Gasteiger partial charge in [0.25, 0.3) is 0 Å². The van der Waals surface area contributed by atoms with E-state index in [1.807, 2.05) is 0 Å². The Morgan fingerprint density at radius 2 is 2.00 bits per heavy atom. The molecule has 0 aliphatic rings. The zero-order chi connectivity index (χ0) is 11.6. The summed E-state index contributed by atoms with van der Waals surface area (Å²) in [5.74, 6) is 1.11. The van der Waals surface area contributed by atoms with E-state index in [9.17, 15) is 0 Å². The quantitative estimate of drug-likeness (QED) is 0.657. The molecule has 0 spiro atoms. The second-order valence-electron chi connectivity index (χ2n) is 4.04. The fraction of sp³-hybridized carbons (Fsp3) is 0.750. The van der Waals surface area contributed by atoms with Gasteiger partial charge in [-0.3, -0.25) is 0 Å². The molecule has 0 unspecified atom stereocenters. The highest BCUT2D eigenvalue weighted by Gasteiger charge is 2.00. The van der Waals surface area contributed by atoms with Crippen LogP contribution in [0.1, 0.15) is 51.2 Å². The summed E-state index contributed by atoms with van der Waals surface area (Å²) < 4.78 is 10.4. The highest BCUT2D eigenvalue weighted by Crippen LogP contribution is 2.08. The van der Waals surface area contributed by atoms with Crippen LogP contribution in [0.4, 0.5) is 5.82 Å². The first-order valence-corrected chi connectivity index (χ1v) is 6.11. The van der Waals surface area contributed by atoms with E-state index in [2.05, 4.69) is 12.1 Å². The van der Waals surface area contributed by atoms with E-state index in [-0.39, 0.29) is 0 Å². The molecule has 4 heteroatoms. The van der Waals surface area contributed by atoms with Gasteiger partial charge in [0.05, 0.1) is 0 Å². The Morgan fingerprint density at radius 3 is 2.69 bits per heavy atom. The Hall–Kier alpha value is -1.03. The average molecular weight is 226 g/mol. The highest BCUT2D eigenvalue weighted by atomic mass is 16.5. The van der Waals surface area contributed by atoms with E-state index in [0.717, 1.165) is 13.0 Å². The van der Waals surface area contributed by atoms with Gasteiger partial charge in [-0.05, 0) is 6.42 Å². The lowest BCUT2D eigenvalue weighted by Crippen LogP contribution is -1.94. The van der Waals surface area contributed by atoms with Gasteiger partial charge in [0.1, 0.15) is 6.61 Å². The van der Waals surface area contributed by atoms with Gasteiger partial charge < -0.3 is 15.0 Å². The molecule has 0 fully saturated rings. The zero-order valence-electron chi connectivity index (χ0n) is 10.1. The summed E-state index contributed by atoms with van der Waals surface area (Å²) in [6.45, 7) is 3.48. The van der Waals surface area contributed by atoms with Crippen LogP contribution in [-0.2, 0) is 11.3 Å². The Labute approximate surface area is 97.1 Å². The van der Waals surface area contributed by atoms with Crippen molar-refractivity contribution in [2.75, 3.05) is 12.3 Å². The number of nitrogen functional groups attached to an aromatic ring is 1. The Morgan fingerprint density at radius 1 is 1.25 bits per heavy atom. The minimum absolute atomic E-state index is 0.415. The number of hydrogen-bond acceptors (Lipinski definition) is 4. The molecular formula is C12H22N2O2. The molecule has 0 saturated heterocycles. The zero-order valence-corrected chi connectivity index (χ0v) is 10.1. The number of unbranched alkanes of at least 4 members (excludes halogenated alkanes) is 5. The second kappa shape index (κ2) is 8.16. The lowest BCUT2D eigenvalue weighted by molar-refractivity contribution is 0.0976. The fourth-order valence-corrected chi connectivity index (χ4v) is 1.55. The average Bonchev–Trinajstić information content (AvgIpc) is 2.68. The van der Waals surface area contributed by atoms with Gasteiger partial charge >= 0.3 is 0 Å². The van der Waals surface area contributed by atoms with Crippen LogP contribution in [0.2, 0.25) is 0 Å². The van der Waals surface area contributed by atoms with Crippen molar-refractivity contribution in [2.45, 2.75) is 52.1 Å². The van der Waals surface area contributed by atoms with E-state index in [4.69, 9.17) is 15.0 Å². The van der Waals surface area contributed by atoms with Crippen LogP contribution >= 0.6 is 0 Å². The summed E-state index contributed by atoms with van der Waals surface area (Å²) in [5, 5.41) is 3.59. The molecule has 0 amide bonds. The van der Waals surface area contributed by atoms with Crippen molar-refractivity contribution in [3.63, 3.8) is 0 Å². The third kappa shape index (κ3) is 5.75. The Balaban J connectivity index is 1.88. The molecule has 0 atom stereocenters. The third-order valence-corrected chi connectivity index (χ3v) is 2.46. The number of rotatable bonds is 9. The Bertz CT molecular complexity index is 274. The molecule has 92 valence electrons. The molecule has 0 aliphatic carbocycles. The highest BCUT2D eigenvalue weighted by molar-refractivity contribution is 5.25. The van der Waals surface area contributed by atoms with Gasteiger partial charge in [-0.1, -0.05) is 44.2 Å². The summed E-state index contributed by atoms with van der Waals surface area (Å²) in [7, 11) is 0. The maximum atomic E-state index is 5.45. The third-order valence-electron chi connectivity index (χ3n) is 2.46. The van der Waals surface area contributed by atoms with Crippen molar-refractivity contribution in [1.82, 2.24) is 5.16 Å². The molecule has 0 radical (unpaired) electrons. The first kappa shape index (κ1) is 13.0. The molecule has 1 rings (SSSR count). The molecule has 2 N–H and O–H groups in total. The molecule has 0 aliphatic heterocycles. The topological polar surface area (TPSA) is 61.3 Å². The molecule has 4 nitrogen and oxygen atoms in total. The van der Waals surface area contributed by atoms with Gasteiger partial charge in [0.2, 0.25) is 0 Å². The van der Waals surface area contributed by atoms with Gasteiger partial charge in [-0.25, -0.2) is 0 Å². The van der Waals surface area contributed by atoms with Gasteiger partial charge in [-0.2, -0.15) is 0 Å². The van der Waals surface area contributed by atoms with Crippen LogP contribution in [0.5, 0.6) is 0 Å². The normalized spacial score (nSPS) is 10.8. The van der Waals surface area contributed by atoms with E-state index in [1.165, 1.54) is 32.1 Å². The SMILES string of the molecule is CCCCCCCCOCc1cc(N)no1. The van der Waals surface area contributed by atoms with Crippen molar-refractivity contribution in [1.29, 1.82) is 0 Å². The first-order chi connectivity index (χ1) is 7.83. The minimum atomic E-state index is 0.415. The predicted octanol–water partition coefficient (Wildman–Crippen LogP) is 3.13. The van der Waals surface area contributed by atoms with Crippen molar-refractivity contribution >= 4 is 5.82 Å². The standard InChI is InChI=1S/C12H22N2O2/c1-2-3-4-5-6-7-8-15-10-11-9-12(13)14-16-11/h9H,2-8,10H2,1H3,(H2,13,14). The summed E-state index contributed by atoms with van der Waals surface area (Å²) in [6.07, 6.45) is 7.66. The first-order valence-electron chi connectivity index (χ1n) is 6.11. The van der Waals surface area contributed by atoms with Crippen molar-refractivity contribution in [2.24, 2.45) is 0 Å². The van der Waals surface area contributed by atoms with Gasteiger partial charge in [0, 0.05) is 12.7 Å². The maximum absolute atomic E-state index is 5.45. The summed E-state index contributed by atoms with van der Waals surface area (Å²) >= 11 is 0. The number of anilines is 1. The Kier molecular flexibility index (Phi) is 6.65. The van der Waals surface area contributed by atoms with Crippen LogP contribution in [0.15, 0.2) is 10.6 Å².